The number of rotatable bonds is 3. The quantitative estimate of drug-likeness (QED) is 0.874. The molecule has 21 heavy (non-hydrogen) atoms. The topological polar surface area (TPSA) is 59.2 Å². The zero-order chi connectivity index (χ0) is 14.4. The fraction of sp³-hybridized carbons (Fsp3) is 0.400. The molecule has 6 heteroatoms. The third-order valence-corrected chi connectivity index (χ3v) is 4.23. The molecule has 108 valence electrons. The second-order valence-corrected chi connectivity index (χ2v) is 6.09. The second-order valence-electron chi connectivity index (χ2n) is 5.65. The van der Waals surface area contributed by atoms with E-state index in [-0.39, 0.29) is 11.8 Å². The van der Waals surface area contributed by atoms with Crippen molar-refractivity contribution < 1.29 is 9.32 Å². The highest BCUT2D eigenvalue weighted by atomic mass is 35.5. The van der Waals surface area contributed by atoms with Crippen molar-refractivity contribution in [1.82, 2.24) is 10.1 Å². The summed E-state index contributed by atoms with van der Waals surface area (Å²) in [7, 11) is 0. The Morgan fingerprint density at radius 3 is 2.90 bits per heavy atom. The van der Waals surface area contributed by atoms with E-state index in [9.17, 15) is 4.79 Å². The van der Waals surface area contributed by atoms with Gasteiger partial charge in [-0.25, -0.2) is 0 Å². The molecule has 0 N–H and O–H groups in total. The van der Waals surface area contributed by atoms with Gasteiger partial charge in [0.25, 0.3) is 0 Å². The van der Waals surface area contributed by atoms with Gasteiger partial charge in [0.15, 0.2) is 5.82 Å². The van der Waals surface area contributed by atoms with Crippen LogP contribution in [-0.2, 0) is 4.79 Å². The van der Waals surface area contributed by atoms with Crippen LogP contribution in [0.25, 0.3) is 0 Å². The maximum atomic E-state index is 12.2. The van der Waals surface area contributed by atoms with Crippen LogP contribution < -0.4 is 4.90 Å². The minimum absolute atomic E-state index is 0.0310. The summed E-state index contributed by atoms with van der Waals surface area (Å²) in [4.78, 5) is 18.4. The van der Waals surface area contributed by atoms with E-state index in [4.69, 9.17) is 16.1 Å². The molecule has 2 aromatic rings. The van der Waals surface area contributed by atoms with Gasteiger partial charge >= 0.3 is 0 Å². The summed E-state index contributed by atoms with van der Waals surface area (Å²) < 4.78 is 5.34. The summed E-state index contributed by atoms with van der Waals surface area (Å²) in [5, 5.41) is 4.65. The van der Waals surface area contributed by atoms with Crippen LogP contribution in [0.3, 0.4) is 0 Å². The molecule has 2 heterocycles. The summed E-state index contributed by atoms with van der Waals surface area (Å²) >= 11 is 5.99. The van der Waals surface area contributed by atoms with Gasteiger partial charge in [-0.05, 0) is 31.0 Å². The molecule has 0 spiro atoms. The van der Waals surface area contributed by atoms with E-state index >= 15 is 0 Å². The number of halogens is 1. The van der Waals surface area contributed by atoms with Crippen LogP contribution in [0, 0.1) is 0 Å². The standard InChI is InChI=1S/C15H14ClN3O2/c16-11-2-1-3-12(7-11)19-8-10(6-13(19)20)15-17-14(18-21-15)9-4-5-9/h1-3,7,9-10H,4-6,8H2/t10-/m0/s1. The first-order chi connectivity index (χ1) is 10.2. The summed E-state index contributed by atoms with van der Waals surface area (Å²) in [6.07, 6.45) is 2.67. The molecule has 1 aliphatic carbocycles. The smallest absolute Gasteiger partial charge is 0.232 e. The predicted octanol–water partition coefficient (Wildman–Crippen LogP) is 3.12. The molecule has 1 aromatic heterocycles. The highest BCUT2D eigenvalue weighted by Gasteiger charge is 2.36. The highest BCUT2D eigenvalue weighted by molar-refractivity contribution is 6.30. The van der Waals surface area contributed by atoms with E-state index in [1.54, 1.807) is 17.0 Å². The van der Waals surface area contributed by atoms with Crippen LogP contribution in [0.2, 0.25) is 5.02 Å². The molecule has 0 unspecified atom stereocenters. The molecule has 0 radical (unpaired) electrons. The molecule has 1 saturated carbocycles. The molecule has 2 aliphatic rings. The Morgan fingerprint density at radius 2 is 2.14 bits per heavy atom. The van der Waals surface area contributed by atoms with Crippen LogP contribution in [0.15, 0.2) is 28.8 Å². The lowest BCUT2D eigenvalue weighted by Gasteiger charge is -2.16. The van der Waals surface area contributed by atoms with Crippen LogP contribution in [0.5, 0.6) is 0 Å². The Balaban J connectivity index is 1.55. The molecular weight excluding hydrogens is 290 g/mol. The Morgan fingerprint density at radius 1 is 1.29 bits per heavy atom. The number of hydrogen-bond donors (Lipinski definition) is 0. The number of carbonyl (C=O) groups excluding carboxylic acids is 1. The molecule has 1 atom stereocenters. The molecule has 1 saturated heterocycles. The van der Waals surface area contributed by atoms with Crippen molar-refractivity contribution >= 4 is 23.2 Å². The zero-order valence-corrected chi connectivity index (χ0v) is 12.1. The van der Waals surface area contributed by atoms with Crippen molar-refractivity contribution in [2.45, 2.75) is 31.1 Å². The van der Waals surface area contributed by atoms with Gasteiger partial charge in [-0.3, -0.25) is 4.79 Å². The number of carbonyl (C=O) groups is 1. The van der Waals surface area contributed by atoms with E-state index < -0.39 is 0 Å². The number of aromatic nitrogens is 2. The van der Waals surface area contributed by atoms with Crippen molar-refractivity contribution in [3.8, 4) is 0 Å². The van der Waals surface area contributed by atoms with Crippen LogP contribution in [-0.4, -0.2) is 22.6 Å². The van der Waals surface area contributed by atoms with Gasteiger partial charge in [0.2, 0.25) is 11.8 Å². The number of benzene rings is 1. The SMILES string of the molecule is O=C1C[C@H](c2nc(C3CC3)no2)CN1c1cccc(Cl)c1. The van der Waals surface area contributed by atoms with E-state index in [0.717, 1.165) is 24.4 Å². The van der Waals surface area contributed by atoms with Gasteiger partial charge in [0, 0.05) is 29.6 Å². The first-order valence-corrected chi connectivity index (χ1v) is 7.48. The van der Waals surface area contributed by atoms with E-state index in [0.29, 0.717) is 29.8 Å². The molecule has 1 aromatic carbocycles. The lowest BCUT2D eigenvalue weighted by Crippen LogP contribution is -2.24. The third kappa shape index (κ3) is 2.42. The Kier molecular flexibility index (Phi) is 2.96. The van der Waals surface area contributed by atoms with Crippen LogP contribution in [0.4, 0.5) is 5.69 Å². The first kappa shape index (κ1) is 12.8. The predicted molar refractivity (Wildman–Crippen MR) is 77.4 cm³/mol. The van der Waals surface area contributed by atoms with E-state index in [1.807, 2.05) is 12.1 Å². The van der Waals surface area contributed by atoms with E-state index in [1.165, 1.54) is 0 Å². The van der Waals surface area contributed by atoms with Crippen molar-refractivity contribution in [3.05, 3.63) is 41.0 Å². The monoisotopic (exact) mass is 303 g/mol. The first-order valence-electron chi connectivity index (χ1n) is 7.10. The second kappa shape index (κ2) is 4.84. The normalized spacial score (nSPS) is 22.0. The fourth-order valence-electron chi connectivity index (χ4n) is 2.69. The van der Waals surface area contributed by atoms with Crippen LogP contribution in [0.1, 0.15) is 42.8 Å². The lowest BCUT2D eigenvalue weighted by molar-refractivity contribution is -0.117. The van der Waals surface area contributed by atoms with Crippen molar-refractivity contribution in [2.24, 2.45) is 0 Å². The average molecular weight is 304 g/mol. The molecule has 1 amide bonds. The minimum atomic E-state index is -0.0310. The van der Waals surface area contributed by atoms with Gasteiger partial charge in [-0.15, -0.1) is 0 Å². The van der Waals surface area contributed by atoms with Crippen molar-refractivity contribution in [1.29, 1.82) is 0 Å². The molecule has 5 nitrogen and oxygen atoms in total. The lowest BCUT2D eigenvalue weighted by atomic mass is 10.1. The number of nitrogens with zero attached hydrogens (tertiary/aromatic N) is 3. The van der Waals surface area contributed by atoms with Gasteiger partial charge in [0.05, 0.1) is 5.92 Å². The summed E-state index contributed by atoms with van der Waals surface area (Å²) in [5.74, 6) is 1.86. The third-order valence-electron chi connectivity index (χ3n) is 3.99. The average Bonchev–Trinajstić information content (AvgIpc) is 3.07. The molecule has 2 fully saturated rings. The Hall–Kier alpha value is -1.88. The van der Waals surface area contributed by atoms with Gasteiger partial charge in [-0.1, -0.05) is 22.8 Å². The summed E-state index contributed by atoms with van der Waals surface area (Å²) in [5.41, 5.74) is 0.817. The van der Waals surface area contributed by atoms with Crippen molar-refractivity contribution in [3.63, 3.8) is 0 Å². The molecule has 0 bridgehead atoms. The van der Waals surface area contributed by atoms with Crippen LogP contribution >= 0.6 is 11.6 Å². The van der Waals surface area contributed by atoms with Gasteiger partial charge in [-0.2, -0.15) is 4.98 Å². The van der Waals surface area contributed by atoms with Gasteiger partial charge < -0.3 is 9.42 Å². The van der Waals surface area contributed by atoms with E-state index in [2.05, 4.69) is 10.1 Å². The zero-order valence-electron chi connectivity index (χ0n) is 11.3. The summed E-state index contributed by atoms with van der Waals surface area (Å²) in [6.45, 7) is 0.561. The highest BCUT2D eigenvalue weighted by Crippen LogP contribution is 2.39. The number of anilines is 1. The maximum Gasteiger partial charge on any atom is 0.232 e. The van der Waals surface area contributed by atoms with Gasteiger partial charge in [0.1, 0.15) is 0 Å². The Bertz CT molecular complexity index is 696. The minimum Gasteiger partial charge on any atom is -0.339 e. The number of hydrogen-bond acceptors (Lipinski definition) is 4. The Labute approximate surface area is 126 Å². The maximum absolute atomic E-state index is 12.2. The fourth-order valence-corrected chi connectivity index (χ4v) is 2.87. The molecule has 1 aliphatic heterocycles. The largest absolute Gasteiger partial charge is 0.339 e. The molecular formula is C15H14ClN3O2. The molecule has 4 rings (SSSR count). The summed E-state index contributed by atoms with van der Waals surface area (Å²) in [6, 6.07) is 7.32. The number of amides is 1. The van der Waals surface area contributed by atoms with Crippen molar-refractivity contribution in [2.75, 3.05) is 11.4 Å².